The fourth-order valence-electron chi connectivity index (χ4n) is 1.14. The molecule has 0 aromatic heterocycles. The summed E-state index contributed by atoms with van der Waals surface area (Å²) >= 11 is 0. The summed E-state index contributed by atoms with van der Waals surface area (Å²) in [5, 5.41) is 2.25. The summed E-state index contributed by atoms with van der Waals surface area (Å²) in [5.41, 5.74) is -0.0824. The first-order chi connectivity index (χ1) is 7.04. The molecule has 1 amide bonds. The average Bonchev–Trinajstić information content (AvgIpc) is 2.16. The van der Waals surface area contributed by atoms with E-state index in [-0.39, 0.29) is 16.8 Å². The quantitative estimate of drug-likeness (QED) is 0.783. The SMILES string of the molecule is CC(=O)Nc1cc(C=O)ccc1C(F)F. The van der Waals surface area contributed by atoms with Gasteiger partial charge in [0.25, 0.3) is 6.43 Å². The lowest BCUT2D eigenvalue weighted by Gasteiger charge is -2.09. The molecule has 0 heterocycles. The largest absolute Gasteiger partial charge is 0.326 e. The van der Waals surface area contributed by atoms with Crippen LogP contribution in [0, 0.1) is 0 Å². The van der Waals surface area contributed by atoms with Gasteiger partial charge in [0.2, 0.25) is 5.91 Å². The van der Waals surface area contributed by atoms with Gasteiger partial charge in [0.05, 0.1) is 5.69 Å². The van der Waals surface area contributed by atoms with E-state index in [2.05, 4.69) is 5.32 Å². The minimum atomic E-state index is -2.69. The second kappa shape index (κ2) is 4.63. The van der Waals surface area contributed by atoms with Gasteiger partial charge in [-0.1, -0.05) is 12.1 Å². The third kappa shape index (κ3) is 2.83. The molecule has 0 spiro atoms. The molecule has 0 saturated heterocycles. The molecule has 0 aliphatic carbocycles. The molecule has 0 atom stereocenters. The topological polar surface area (TPSA) is 46.2 Å². The summed E-state index contributed by atoms with van der Waals surface area (Å²) in [7, 11) is 0. The number of anilines is 1. The Labute approximate surface area is 85.1 Å². The van der Waals surface area contributed by atoms with E-state index < -0.39 is 12.3 Å². The van der Waals surface area contributed by atoms with Gasteiger partial charge in [0.15, 0.2) is 0 Å². The number of carbonyl (C=O) groups excluding carboxylic acids is 2. The number of nitrogens with one attached hydrogen (secondary N) is 1. The van der Waals surface area contributed by atoms with Crippen molar-refractivity contribution < 1.29 is 18.4 Å². The Hall–Kier alpha value is -1.78. The molecule has 0 radical (unpaired) electrons. The van der Waals surface area contributed by atoms with Crippen molar-refractivity contribution >= 4 is 17.9 Å². The maximum atomic E-state index is 12.5. The zero-order valence-electron chi connectivity index (χ0n) is 7.96. The number of alkyl halides is 2. The molecular weight excluding hydrogens is 204 g/mol. The lowest BCUT2D eigenvalue weighted by molar-refractivity contribution is -0.114. The maximum Gasteiger partial charge on any atom is 0.265 e. The van der Waals surface area contributed by atoms with Crippen LogP contribution in [0.5, 0.6) is 0 Å². The Balaban J connectivity index is 3.15. The van der Waals surface area contributed by atoms with E-state index in [0.29, 0.717) is 6.29 Å². The predicted octanol–water partition coefficient (Wildman–Crippen LogP) is 2.40. The second-order valence-corrected chi connectivity index (χ2v) is 2.95. The molecule has 15 heavy (non-hydrogen) atoms. The molecule has 0 saturated carbocycles. The molecule has 1 rings (SSSR count). The number of amides is 1. The minimum Gasteiger partial charge on any atom is -0.326 e. The van der Waals surface area contributed by atoms with Gasteiger partial charge in [-0.05, 0) is 6.07 Å². The van der Waals surface area contributed by atoms with E-state index in [9.17, 15) is 18.4 Å². The van der Waals surface area contributed by atoms with Gasteiger partial charge in [0, 0.05) is 18.1 Å². The maximum absolute atomic E-state index is 12.5. The van der Waals surface area contributed by atoms with Crippen LogP contribution in [-0.4, -0.2) is 12.2 Å². The zero-order valence-corrected chi connectivity index (χ0v) is 7.96. The summed E-state index contributed by atoms with van der Waals surface area (Å²) < 4.78 is 24.9. The molecule has 0 fully saturated rings. The lowest BCUT2D eigenvalue weighted by atomic mass is 10.1. The van der Waals surface area contributed by atoms with Crippen molar-refractivity contribution in [2.45, 2.75) is 13.3 Å². The average molecular weight is 213 g/mol. The van der Waals surface area contributed by atoms with Crippen molar-refractivity contribution in [1.29, 1.82) is 0 Å². The number of hydrogen-bond donors (Lipinski definition) is 1. The van der Waals surface area contributed by atoms with E-state index >= 15 is 0 Å². The van der Waals surface area contributed by atoms with Crippen LogP contribution in [0.3, 0.4) is 0 Å². The van der Waals surface area contributed by atoms with E-state index in [4.69, 9.17) is 0 Å². The van der Waals surface area contributed by atoms with Crippen LogP contribution in [0.15, 0.2) is 18.2 Å². The van der Waals surface area contributed by atoms with E-state index in [1.807, 2.05) is 0 Å². The number of carbonyl (C=O) groups is 2. The highest BCUT2D eigenvalue weighted by atomic mass is 19.3. The standard InChI is InChI=1S/C10H9F2NO2/c1-6(15)13-9-4-7(5-14)2-3-8(9)10(11)12/h2-5,10H,1H3,(H,13,15). The number of halogens is 2. The van der Waals surface area contributed by atoms with Gasteiger partial charge in [-0.15, -0.1) is 0 Å². The fourth-order valence-corrected chi connectivity index (χ4v) is 1.14. The third-order valence-electron chi connectivity index (χ3n) is 1.76. The normalized spacial score (nSPS) is 10.1. The smallest absolute Gasteiger partial charge is 0.265 e. The van der Waals surface area contributed by atoms with Gasteiger partial charge in [-0.3, -0.25) is 9.59 Å². The predicted molar refractivity (Wildman–Crippen MR) is 51.1 cm³/mol. The van der Waals surface area contributed by atoms with Crippen LogP contribution < -0.4 is 5.32 Å². The third-order valence-corrected chi connectivity index (χ3v) is 1.76. The van der Waals surface area contributed by atoms with Gasteiger partial charge in [0.1, 0.15) is 6.29 Å². The molecule has 1 N–H and O–H groups in total. The first-order valence-corrected chi connectivity index (χ1v) is 4.19. The Morgan fingerprint density at radius 2 is 2.13 bits per heavy atom. The number of hydrogen-bond acceptors (Lipinski definition) is 2. The van der Waals surface area contributed by atoms with Crippen molar-refractivity contribution in [2.75, 3.05) is 5.32 Å². The molecule has 80 valence electrons. The van der Waals surface area contributed by atoms with Crippen LogP contribution in [0.2, 0.25) is 0 Å². The Kier molecular flexibility index (Phi) is 3.49. The molecule has 0 bridgehead atoms. The minimum absolute atomic E-state index is 0.0258. The Morgan fingerprint density at radius 3 is 2.60 bits per heavy atom. The fraction of sp³-hybridized carbons (Fsp3) is 0.200. The number of rotatable bonds is 3. The first kappa shape index (κ1) is 11.3. The monoisotopic (exact) mass is 213 g/mol. The van der Waals surface area contributed by atoms with Crippen molar-refractivity contribution in [2.24, 2.45) is 0 Å². The molecule has 0 aliphatic rings. The highest BCUT2D eigenvalue weighted by molar-refractivity contribution is 5.91. The first-order valence-electron chi connectivity index (χ1n) is 4.19. The van der Waals surface area contributed by atoms with Crippen LogP contribution in [-0.2, 0) is 4.79 Å². The van der Waals surface area contributed by atoms with E-state index in [1.54, 1.807) is 0 Å². The zero-order chi connectivity index (χ0) is 11.4. The van der Waals surface area contributed by atoms with Crippen molar-refractivity contribution in [3.63, 3.8) is 0 Å². The molecule has 0 aliphatic heterocycles. The molecule has 1 aromatic carbocycles. The molecule has 0 unspecified atom stereocenters. The molecule has 3 nitrogen and oxygen atoms in total. The summed E-state index contributed by atoms with van der Waals surface area (Å²) in [5.74, 6) is -0.458. The van der Waals surface area contributed by atoms with Crippen LogP contribution in [0.4, 0.5) is 14.5 Å². The highest BCUT2D eigenvalue weighted by Gasteiger charge is 2.13. The lowest BCUT2D eigenvalue weighted by Crippen LogP contribution is -2.08. The van der Waals surface area contributed by atoms with E-state index in [0.717, 1.165) is 6.07 Å². The van der Waals surface area contributed by atoms with Crippen LogP contribution in [0.1, 0.15) is 29.3 Å². The van der Waals surface area contributed by atoms with Crippen LogP contribution in [0.25, 0.3) is 0 Å². The highest BCUT2D eigenvalue weighted by Crippen LogP contribution is 2.27. The summed E-state index contributed by atoms with van der Waals surface area (Å²) in [6, 6.07) is 3.62. The number of aldehydes is 1. The Bertz CT molecular complexity index is 391. The van der Waals surface area contributed by atoms with Gasteiger partial charge >= 0.3 is 0 Å². The Morgan fingerprint density at radius 1 is 1.47 bits per heavy atom. The summed E-state index contributed by atoms with van der Waals surface area (Å²) in [6.07, 6.45) is -2.16. The van der Waals surface area contributed by atoms with Crippen molar-refractivity contribution in [3.8, 4) is 0 Å². The molecule has 1 aromatic rings. The van der Waals surface area contributed by atoms with Crippen molar-refractivity contribution in [1.82, 2.24) is 0 Å². The number of benzene rings is 1. The van der Waals surface area contributed by atoms with E-state index in [1.165, 1.54) is 19.1 Å². The molecular formula is C10H9F2NO2. The summed E-state index contributed by atoms with van der Waals surface area (Å²) in [4.78, 5) is 21.2. The second-order valence-electron chi connectivity index (χ2n) is 2.95. The molecule has 5 heteroatoms. The van der Waals surface area contributed by atoms with Gasteiger partial charge < -0.3 is 5.32 Å². The van der Waals surface area contributed by atoms with Crippen molar-refractivity contribution in [3.05, 3.63) is 29.3 Å². The summed E-state index contributed by atoms with van der Waals surface area (Å²) in [6.45, 7) is 1.21. The van der Waals surface area contributed by atoms with Crippen LogP contribution >= 0.6 is 0 Å². The van der Waals surface area contributed by atoms with Gasteiger partial charge in [-0.2, -0.15) is 0 Å². The van der Waals surface area contributed by atoms with Gasteiger partial charge in [-0.25, -0.2) is 8.78 Å².